The molecule has 1 N–H and O–H groups in total. The van der Waals surface area contributed by atoms with Crippen molar-refractivity contribution >= 4 is 0 Å². The van der Waals surface area contributed by atoms with Gasteiger partial charge in [-0.05, 0) is 31.2 Å². The van der Waals surface area contributed by atoms with Crippen LogP contribution in [0.4, 0.5) is 0 Å². The fourth-order valence-electron chi connectivity index (χ4n) is 2.21. The van der Waals surface area contributed by atoms with E-state index in [1.54, 1.807) is 6.07 Å². The van der Waals surface area contributed by atoms with Gasteiger partial charge in [-0.2, -0.15) is 0 Å². The summed E-state index contributed by atoms with van der Waals surface area (Å²) in [6, 6.07) is 22.9. The van der Waals surface area contributed by atoms with Crippen LogP contribution in [-0.4, -0.2) is 5.11 Å². The summed E-state index contributed by atoms with van der Waals surface area (Å²) in [5, 5.41) is 10.0. The highest BCUT2D eigenvalue weighted by atomic mass is 16.5. The summed E-state index contributed by atoms with van der Waals surface area (Å²) in [6.07, 6.45) is 0. The molecule has 3 rings (SSSR count). The molecule has 3 aromatic rings. The molecule has 0 aliphatic carbocycles. The first-order chi connectivity index (χ1) is 10.2. The minimum Gasteiger partial charge on any atom is -0.507 e. The van der Waals surface area contributed by atoms with Crippen LogP contribution in [0, 0.1) is 6.92 Å². The zero-order valence-electron chi connectivity index (χ0n) is 11.8. The van der Waals surface area contributed by atoms with Gasteiger partial charge in [-0.3, -0.25) is 0 Å². The molecule has 0 amide bonds. The lowest BCUT2D eigenvalue weighted by atomic mass is 10.0. The van der Waals surface area contributed by atoms with Gasteiger partial charge in [-0.15, -0.1) is 0 Å². The zero-order valence-corrected chi connectivity index (χ0v) is 11.8. The quantitative estimate of drug-likeness (QED) is 0.716. The fourth-order valence-corrected chi connectivity index (χ4v) is 2.21. The van der Waals surface area contributed by atoms with Crippen LogP contribution in [0.25, 0.3) is 11.1 Å². The Morgan fingerprint density at radius 1 is 0.714 bits per heavy atom. The van der Waals surface area contributed by atoms with E-state index in [0.717, 1.165) is 22.6 Å². The third-order valence-corrected chi connectivity index (χ3v) is 3.33. The van der Waals surface area contributed by atoms with E-state index in [4.69, 9.17) is 4.74 Å². The second kappa shape index (κ2) is 5.71. The van der Waals surface area contributed by atoms with Gasteiger partial charge in [0.15, 0.2) is 0 Å². The van der Waals surface area contributed by atoms with E-state index in [2.05, 4.69) is 0 Å². The summed E-state index contributed by atoms with van der Waals surface area (Å²) in [7, 11) is 0. The molecule has 0 spiro atoms. The Labute approximate surface area is 124 Å². The molecule has 2 heteroatoms. The molecule has 0 heterocycles. The molecule has 0 radical (unpaired) electrons. The van der Waals surface area contributed by atoms with Crippen LogP contribution in [-0.2, 0) is 0 Å². The van der Waals surface area contributed by atoms with E-state index in [1.165, 1.54) is 5.56 Å². The van der Waals surface area contributed by atoms with Crippen LogP contribution in [0.5, 0.6) is 17.2 Å². The van der Waals surface area contributed by atoms with Gasteiger partial charge in [0.05, 0.1) is 0 Å². The van der Waals surface area contributed by atoms with E-state index in [0.29, 0.717) is 0 Å². The maximum atomic E-state index is 10.0. The highest BCUT2D eigenvalue weighted by Crippen LogP contribution is 2.37. The van der Waals surface area contributed by atoms with Crippen molar-refractivity contribution in [2.45, 2.75) is 6.92 Å². The second-order valence-electron chi connectivity index (χ2n) is 4.93. The summed E-state index contributed by atoms with van der Waals surface area (Å²) < 4.78 is 5.96. The largest absolute Gasteiger partial charge is 0.507 e. The van der Waals surface area contributed by atoms with E-state index in [-0.39, 0.29) is 5.75 Å². The van der Waals surface area contributed by atoms with Crippen LogP contribution in [0.1, 0.15) is 5.56 Å². The average Bonchev–Trinajstić information content (AvgIpc) is 2.51. The predicted molar refractivity (Wildman–Crippen MR) is 84.8 cm³/mol. The van der Waals surface area contributed by atoms with Crippen LogP contribution < -0.4 is 4.74 Å². The van der Waals surface area contributed by atoms with E-state index >= 15 is 0 Å². The van der Waals surface area contributed by atoms with Crippen molar-refractivity contribution in [2.75, 3.05) is 0 Å². The minimum absolute atomic E-state index is 0.248. The average molecular weight is 276 g/mol. The molecule has 0 bridgehead atoms. The number of hydrogen-bond donors (Lipinski definition) is 1. The number of aryl methyl sites for hydroxylation is 1. The summed E-state index contributed by atoms with van der Waals surface area (Å²) in [4.78, 5) is 0. The molecule has 0 unspecified atom stereocenters. The van der Waals surface area contributed by atoms with Gasteiger partial charge in [0, 0.05) is 11.1 Å². The summed E-state index contributed by atoms with van der Waals surface area (Å²) in [5.41, 5.74) is 2.83. The first kappa shape index (κ1) is 13.3. The van der Waals surface area contributed by atoms with Crippen molar-refractivity contribution in [1.29, 1.82) is 0 Å². The fraction of sp³-hybridized carbons (Fsp3) is 0.0526. The van der Waals surface area contributed by atoms with E-state index in [9.17, 15) is 5.11 Å². The molecule has 0 fully saturated rings. The molecule has 2 nitrogen and oxygen atoms in total. The molecular weight excluding hydrogens is 260 g/mol. The maximum absolute atomic E-state index is 10.0. The minimum atomic E-state index is 0.248. The third-order valence-electron chi connectivity index (χ3n) is 3.33. The summed E-state index contributed by atoms with van der Waals surface area (Å²) >= 11 is 0. The normalized spacial score (nSPS) is 10.3. The lowest BCUT2D eigenvalue weighted by Gasteiger charge is -2.12. The number of ether oxygens (including phenoxy) is 1. The van der Waals surface area contributed by atoms with E-state index < -0.39 is 0 Å². The Morgan fingerprint density at radius 3 is 2.05 bits per heavy atom. The number of aromatic hydroxyl groups is 1. The lowest BCUT2D eigenvalue weighted by Crippen LogP contribution is -1.88. The molecule has 0 aromatic heterocycles. The molecule has 0 aliphatic rings. The first-order valence-electron chi connectivity index (χ1n) is 6.86. The van der Waals surface area contributed by atoms with Crippen molar-refractivity contribution in [1.82, 2.24) is 0 Å². The Balaban J connectivity index is 2.00. The second-order valence-corrected chi connectivity index (χ2v) is 4.93. The zero-order chi connectivity index (χ0) is 14.7. The van der Waals surface area contributed by atoms with Crippen molar-refractivity contribution in [3.8, 4) is 28.4 Å². The summed E-state index contributed by atoms with van der Waals surface area (Å²) in [5.74, 6) is 1.75. The number of phenolic OH excluding ortho intramolecular Hbond substituents is 1. The van der Waals surface area contributed by atoms with Crippen molar-refractivity contribution in [3.63, 3.8) is 0 Å². The summed E-state index contributed by atoms with van der Waals surface area (Å²) in [6.45, 7) is 2.04. The lowest BCUT2D eigenvalue weighted by molar-refractivity contribution is 0.472. The Hall–Kier alpha value is -2.74. The van der Waals surface area contributed by atoms with Gasteiger partial charge >= 0.3 is 0 Å². The number of para-hydroxylation sites is 2. The van der Waals surface area contributed by atoms with Crippen LogP contribution >= 0.6 is 0 Å². The Bertz CT molecular complexity index is 746. The smallest absolute Gasteiger partial charge is 0.135 e. The highest BCUT2D eigenvalue weighted by Gasteiger charge is 2.10. The van der Waals surface area contributed by atoms with Crippen LogP contribution in [0.3, 0.4) is 0 Å². The van der Waals surface area contributed by atoms with E-state index in [1.807, 2.05) is 73.7 Å². The standard InChI is InChI=1S/C19H16O2/c1-14-10-12-15(13-11-14)21-19-9-5-3-7-17(19)16-6-2-4-8-18(16)20/h2-13,20H,1H3. The van der Waals surface area contributed by atoms with Crippen LogP contribution in [0.2, 0.25) is 0 Å². The SMILES string of the molecule is Cc1ccc(Oc2ccccc2-c2ccccc2O)cc1. The van der Waals surface area contributed by atoms with Gasteiger partial charge in [0.2, 0.25) is 0 Å². The molecule has 0 atom stereocenters. The highest BCUT2D eigenvalue weighted by molar-refractivity contribution is 5.75. The molecule has 104 valence electrons. The topological polar surface area (TPSA) is 29.5 Å². The number of hydrogen-bond acceptors (Lipinski definition) is 2. The molecule has 21 heavy (non-hydrogen) atoms. The Morgan fingerprint density at radius 2 is 1.33 bits per heavy atom. The van der Waals surface area contributed by atoms with Gasteiger partial charge in [-0.25, -0.2) is 0 Å². The van der Waals surface area contributed by atoms with Crippen molar-refractivity contribution < 1.29 is 9.84 Å². The monoisotopic (exact) mass is 276 g/mol. The number of rotatable bonds is 3. The van der Waals surface area contributed by atoms with Crippen molar-refractivity contribution in [3.05, 3.63) is 78.4 Å². The molecule has 0 saturated heterocycles. The van der Waals surface area contributed by atoms with Crippen LogP contribution in [0.15, 0.2) is 72.8 Å². The first-order valence-corrected chi connectivity index (χ1v) is 6.86. The molecule has 3 aromatic carbocycles. The Kier molecular flexibility index (Phi) is 3.61. The van der Waals surface area contributed by atoms with Gasteiger partial charge in [0.25, 0.3) is 0 Å². The van der Waals surface area contributed by atoms with Crippen molar-refractivity contribution in [2.24, 2.45) is 0 Å². The molecular formula is C19H16O2. The molecule has 0 aliphatic heterocycles. The van der Waals surface area contributed by atoms with Gasteiger partial charge in [0.1, 0.15) is 17.2 Å². The third kappa shape index (κ3) is 2.90. The number of benzene rings is 3. The maximum Gasteiger partial charge on any atom is 0.135 e. The number of phenols is 1. The molecule has 0 saturated carbocycles. The van der Waals surface area contributed by atoms with Gasteiger partial charge < -0.3 is 9.84 Å². The van der Waals surface area contributed by atoms with Gasteiger partial charge in [-0.1, -0.05) is 54.1 Å². The predicted octanol–water partition coefficient (Wildman–Crippen LogP) is 5.16.